The van der Waals surface area contributed by atoms with Gasteiger partial charge in [-0.1, -0.05) is 42.5 Å². The Balaban J connectivity index is 1.34. The third-order valence-electron chi connectivity index (χ3n) is 8.97. The highest BCUT2D eigenvalue weighted by molar-refractivity contribution is 5.94. The van der Waals surface area contributed by atoms with Crippen molar-refractivity contribution in [2.24, 2.45) is 23.2 Å². The first kappa shape index (κ1) is 19.6. The van der Waals surface area contributed by atoms with Crippen LogP contribution in [0, 0.1) is 23.2 Å². The Morgan fingerprint density at radius 2 is 1.29 bits per heavy atom. The molecule has 0 aromatic heterocycles. The van der Waals surface area contributed by atoms with Crippen molar-refractivity contribution >= 4 is 5.91 Å². The van der Waals surface area contributed by atoms with E-state index in [0.29, 0.717) is 11.3 Å². The van der Waals surface area contributed by atoms with Crippen LogP contribution in [-0.4, -0.2) is 23.9 Å². The summed E-state index contributed by atoms with van der Waals surface area (Å²) < 4.78 is 0. The van der Waals surface area contributed by atoms with Gasteiger partial charge in [-0.2, -0.15) is 0 Å². The Kier molecular flexibility index (Phi) is 4.93. The van der Waals surface area contributed by atoms with Crippen LogP contribution < -0.4 is 0 Å². The first-order valence-corrected chi connectivity index (χ1v) is 12.6. The molecule has 5 fully saturated rings. The van der Waals surface area contributed by atoms with Crippen molar-refractivity contribution < 1.29 is 4.79 Å². The van der Waals surface area contributed by atoms with Crippen molar-refractivity contribution in [3.8, 4) is 0 Å². The predicted octanol–water partition coefficient (Wildman–Crippen LogP) is 6.66. The number of amides is 1. The molecule has 1 atom stereocenters. The van der Waals surface area contributed by atoms with Crippen LogP contribution in [0.15, 0.2) is 54.6 Å². The van der Waals surface area contributed by atoms with Crippen LogP contribution >= 0.6 is 0 Å². The van der Waals surface area contributed by atoms with E-state index in [1.165, 1.54) is 56.1 Å². The first-order valence-electron chi connectivity index (χ1n) is 12.6. The normalized spacial score (nSPS) is 32.8. The van der Waals surface area contributed by atoms with Gasteiger partial charge in [-0.05, 0) is 104 Å². The molecule has 4 saturated carbocycles. The molecule has 1 unspecified atom stereocenters. The molecule has 5 aliphatic rings. The standard InChI is InChI=1S/C29H35NO/c31-28(30-13-5-2-6-14-30)26-11-9-25(10-12-26)27(24-7-3-1-4-8-24)29-18-21-15-22(19-29)17-23(16-21)20-29/h1,3-4,7-12,21-23,27H,2,5-6,13-20H2. The summed E-state index contributed by atoms with van der Waals surface area (Å²) in [6, 6.07) is 20.0. The average molecular weight is 414 g/mol. The number of rotatable bonds is 4. The highest BCUT2D eigenvalue weighted by Crippen LogP contribution is 2.65. The van der Waals surface area contributed by atoms with Crippen molar-refractivity contribution in [1.29, 1.82) is 0 Å². The van der Waals surface area contributed by atoms with Gasteiger partial charge in [-0.3, -0.25) is 4.79 Å². The molecule has 0 spiro atoms. The van der Waals surface area contributed by atoms with Crippen molar-refractivity contribution in [1.82, 2.24) is 4.90 Å². The molecule has 1 amide bonds. The van der Waals surface area contributed by atoms with Gasteiger partial charge in [0.1, 0.15) is 0 Å². The molecule has 2 heteroatoms. The van der Waals surface area contributed by atoms with Gasteiger partial charge in [0.25, 0.3) is 5.91 Å². The average Bonchev–Trinajstić information content (AvgIpc) is 2.79. The monoisotopic (exact) mass is 413 g/mol. The van der Waals surface area contributed by atoms with Crippen molar-refractivity contribution in [3.63, 3.8) is 0 Å². The molecule has 4 aliphatic carbocycles. The maximum absolute atomic E-state index is 13.0. The lowest BCUT2D eigenvalue weighted by Gasteiger charge is -2.59. The highest BCUT2D eigenvalue weighted by atomic mass is 16.2. The largest absolute Gasteiger partial charge is 0.339 e. The fourth-order valence-corrected chi connectivity index (χ4v) is 8.17. The smallest absolute Gasteiger partial charge is 0.253 e. The molecular formula is C29H35NO. The summed E-state index contributed by atoms with van der Waals surface area (Å²) in [6.07, 6.45) is 12.2. The van der Waals surface area contributed by atoms with E-state index in [1.54, 1.807) is 0 Å². The molecular weight excluding hydrogens is 378 g/mol. The van der Waals surface area contributed by atoms with Gasteiger partial charge >= 0.3 is 0 Å². The molecule has 7 rings (SSSR count). The number of likely N-dealkylation sites (tertiary alicyclic amines) is 1. The van der Waals surface area contributed by atoms with Crippen molar-refractivity contribution in [3.05, 3.63) is 71.3 Å². The number of carbonyl (C=O) groups is 1. The molecule has 2 aromatic rings. The molecule has 1 heterocycles. The van der Waals surface area contributed by atoms with Crippen LogP contribution in [0.25, 0.3) is 0 Å². The summed E-state index contributed by atoms with van der Waals surface area (Å²) in [4.78, 5) is 15.0. The molecule has 2 aromatic carbocycles. The fourth-order valence-electron chi connectivity index (χ4n) is 8.17. The maximum atomic E-state index is 13.0. The van der Waals surface area contributed by atoms with E-state index in [9.17, 15) is 4.79 Å². The summed E-state index contributed by atoms with van der Waals surface area (Å²) in [5.41, 5.74) is 4.17. The Bertz CT molecular complexity index is 890. The topological polar surface area (TPSA) is 20.3 Å². The van der Waals surface area contributed by atoms with Crippen LogP contribution in [-0.2, 0) is 0 Å². The Labute approximate surface area is 187 Å². The zero-order valence-electron chi connectivity index (χ0n) is 18.6. The molecule has 4 bridgehead atoms. The molecule has 2 nitrogen and oxygen atoms in total. The van der Waals surface area contributed by atoms with Crippen LogP contribution in [0.1, 0.15) is 85.2 Å². The number of piperidine rings is 1. The highest BCUT2D eigenvalue weighted by Gasteiger charge is 2.54. The summed E-state index contributed by atoms with van der Waals surface area (Å²) in [6.45, 7) is 1.83. The van der Waals surface area contributed by atoms with Crippen molar-refractivity contribution in [2.75, 3.05) is 13.1 Å². The lowest BCUT2D eigenvalue weighted by molar-refractivity contribution is -0.0618. The van der Waals surface area contributed by atoms with Gasteiger partial charge in [-0.15, -0.1) is 0 Å². The number of carbonyl (C=O) groups excluding carboxylic acids is 1. The second-order valence-electron chi connectivity index (χ2n) is 11.1. The van der Waals surface area contributed by atoms with Crippen LogP contribution in [0.4, 0.5) is 0 Å². The zero-order chi connectivity index (χ0) is 20.8. The minimum atomic E-state index is 0.220. The Hall–Kier alpha value is -2.09. The third-order valence-corrected chi connectivity index (χ3v) is 8.97. The molecule has 31 heavy (non-hydrogen) atoms. The second kappa shape index (κ2) is 7.80. The van der Waals surface area contributed by atoms with E-state index in [1.807, 2.05) is 4.90 Å². The van der Waals surface area contributed by atoms with Crippen LogP contribution in [0.2, 0.25) is 0 Å². The second-order valence-corrected chi connectivity index (χ2v) is 11.1. The van der Waals surface area contributed by atoms with Gasteiger partial charge < -0.3 is 4.90 Å². The van der Waals surface area contributed by atoms with E-state index < -0.39 is 0 Å². The Morgan fingerprint density at radius 1 is 0.742 bits per heavy atom. The van der Waals surface area contributed by atoms with Gasteiger partial charge in [0.2, 0.25) is 0 Å². The van der Waals surface area contributed by atoms with Gasteiger partial charge in [0.15, 0.2) is 0 Å². The first-order chi connectivity index (χ1) is 15.2. The summed E-state index contributed by atoms with van der Waals surface area (Å²) >= 11 is 0. The quantitative estimate of drug-likeness (QED) is 0.549. The SMILES string of the molecule is O=C(c1ccc(C(c2ccccc2)C23CC4CC(CC(C4)C2)C3)cc1)N1CCCCC1. The lowest BCUT2D eigenvalue weighted by atomic mass is 9.45. The number of benzene rings is 2. The summed E-state index contributed by atoms with van der Waals surface area (Å²) in [5, 5.41) is 0. The number of hydrogen-bond acceptors (Lipinski definition) is 1. The molecule has 1 saturated heterocycles. The molecule has 0 N–H and O–H groups in total. The predicted molar refractivity (Wildman–Crippen MR) is 125 cm³/mol. The molecule has 1 aliphatic heterocycles. The van der Waals surface area contributed by atoms with E-state index >= 15 is 0 Å². The lowest BCUT2D eigenvalue weighted by Crippen LogP contribution is -2.49. The minimum absolute atomic E-state index is 0.220. The van der Waals surface area contributed by atoms with Crippen molar-refractivity contribution in [2.45, 2.75) is 63.7 Å². The Morgan fingerprint density at radius 3 is 1.87 bits per heavy atom. The number of hydrogen-bond donors (Lipinski definition) is 0. The fraction of sp³-hybridized carbons (Fsp3) is 0.552. The van der Waals surface area contributed by atoms with Crippen LogP contribution in [0.3, 0.4) is 0 Å². The summed E-state index contributed by atoms with van der Waals surface area (Å²) in [7, 11) is 0. The molecule has 162 valence electrons. The van der Waals surface area contributed by atoms with E-state index in [-0.39, 0.29) is 5.91 Å². The maximum Gasteiger partial charge on any atom is 0.253 e. The van der Waals surface area contributed by atoms with Gasteiger partial charge in [-0.25, -0.2) is 0 Å². The summed E-state index contributed by atoms with van der Waals surface area (Å²) in [5.74, 6) is 3.51. The zero-order valence-corrected chi connectivity index (χ0v) is 18.6. The van der Waals surface area contributed by atoms with E-state index in [4.69, 9.17) is 0 Å². The van der Waals surface area contributed by atoms with Gasteiger partial charge in [0.05, 0.1) is 0 Å². The number of nitrogens with zero attached hydrogens (tertiary/aromatic N) is 1. The van der Waals surface area contributed by atoms with Gasteiger partial charge in [0, 0.05) is 24.6 Å². The van der Waals surface area contributed by atoms with Crippen LogP contribution in [0.5, 0.6) is 0 Å². The van der Waals surface area contributed by atoms with E-state index in [2.05, 4.69) is 54.6 Å². The third kappa shape index (κ3) is 3.52. The molecule has 0 radical (unpaired) electrons. The minimum Gasteiger partial charge on any atom is -0.339 e. The van der Waals surface area contributed by atoms with E-state index in [0.717, 1.165) is 49.2 Å².